The van der Waals surface area contributed by atoms with Gasteiger partial charge in [-0.05, 0) is 31.8 Å². The standard InChI is InChI=1S/C10H21N/c1-8-5-6-9(2)10(8)7-11(3)4/h8-10H,5-7H2,1-4H3/t8-,9?,10?/m1/s1. The van der Waals surface area contributed by atoms with E-state index in [-0.39, 0.29) is 0 Å². The zero-order chi connectivity index (χ0) is 8.43. The van der Waals surface area contributed by atoms with Crippen molar-refractivity contribution in [2.75, 3.05) is 20.6 Å². The van der Waals surface area contributed by atoms with Crippen molar-refractivity contribution in [1.82, 2.24) is 4.90 Å². The molecule has 1 heteroatoms. The van der Waals surface area contributed by atoms with Crippen LogP contribution in [0.3, 0.4) is 0 Å². The van der Waals surface area contributed by atoms with Gasteiger partial charge in [0, 0.05) is 6.54 Å². The summed E-state index contributed by atoms with van der Waals surface area (Å²) in [5, 5.41) is 0. The highest BCUT2D eigenvalue weighted by Crippen LogP contribution is 2.36. The maximum absolute atomic E-state index is 2.40. The Balaban J connectivity index is 2.41. The van der Waals surface area contributed by atoms with Gasteiger partial charge in [0.05, 0.1) is 0 Å². The molecule has 0 saturated heterocycles. The van der Waals surface area contributed by atoms with E-state index >= 15 is 0 Å². The Hall–Kier alpha value is -0.0400. The molecule has 0 aromatic heterocycles. The van der Waals surface area contributed by atoms with Gasteiger partial charge >= 0.3 is 0 Å². The van der Waals surface area contributed by atoms with E-state index in [0.29, 0.717) is 0 Å². The van der Waals surface area contributed by atoms with Crippen molar-refractivity contribution in [3.63, 3.8) is 0 Å². The lowest BCUT2D eigenvalue weighted by atomic mass is 9.91. The smallest absolute Gasteiger partial charge is 0.000865 e. The Labute approximate surface area is 70.8 Å². The first-order valence-corrected chi connectivity index (χ1v) is 4.76. The zero-order valence-corrected chi connectivity index (χ0v) is 8.30. The van der Waals surface area contributed by atoms with Crippen molar-refractivity contribution in [2.45, 2.75) is 26.7 Å². The van der Waals surface area contributed by atoms with E-state index < -0.39 is 0 Å². The molecule has 0 radical (unpaired) electrons. The number of hydrogen-bond donors (Lipinski definition) is 0. The van der Waals surface area contributed by atoms with Gasteiger partial charge in [-0.3, -0.25) is 0 Å². The molecule has 11 heavy (non-hydrogen) atoms. The first kappa shape index (κ1) is 9.05. The van der Waals surface area contributed by atoms with Crippen molar-refractivity contribution >= 4 is 0 Å². The summed E-state index contributed by atoms with van der Waals surface area (Å²) in [4.78, 5) is 2.32. The maximum atomic E-state index is 2.40. The summed E-state index contributed by atoms with van der Waals surface area (Å²) in [6.45, 7) is 6.08. The van der Waals surface area contributed by atoms with E-state index in [0.717, 1.165) is 17.8 Å². The van der Waals surface area contributed by atoms with Crippen LogP contribution >= 0.6 is 0 Å². The van der Waals surface area contributed by atoms with Gasteiger partial charge in [0.1, 0.15) is 0 Å². The topological polar surface area (TPSA) is 3.24 Å². The summed E-state index contributed by atoms with van der Waals surface area (Å²) < 4.78 is 0. The zero-order valence-electron chi connectivity index (χ0n) is 8.30. The lowest BCUT2D eigenvalue weighted by molar-refractivity contribution is 0.246. The highest BCUT2D eigenvalue weighted by Gasteiger charge is 2.29. The molecular weight excluding hydrogens is 134 g/mol. The molecule has 0 N–H and O–H groups in total. The lowest BCUT2D eigenvalue weighted by Crippen LogP contribution is -2.26. The van der Waals surface area contributed by atoms with Crippen molar-refractivity contribution < 1.29 is 0 Å². The van der Waals surface area contributed by atoms with Crippen molar-refractivity contribution in [1.29, 1.82) is 0 Å². The van der Waals surface area contributed by atoms with Gasteiger partial charge in [0.2, 0.25) is 0 Å². The highest BCUT2D eigenvalue weighted by atomic mass is 15.1. The van der Waals surface area contributed by atoms with Gasteiger partial charge in [0.15, 0.2) is 0 Å². The third kappa shape index (κ3) is 2.19. The van der Waals surface area contributed by atoms with Gasteiger partial charge in [-0.2, -0.15) is 0 Å². The molecule has 1 nitrogen and oxygen atoms in total. The van der Waals surface area contributed by atoms with Crippen LogP contribution < -0.4 is 0 Å². The fraction of sp³-hybridized carbons (Fsp3) is 1.00. The van der Waals surface area contributed by atoms with E-state index in [1.165, 1.54) is 19.4 Å². The van der Waals surface area contributed by atoms with Crippen molar-refractivity contribution in [3.05, 3.63) is 0 Å². The second kappa shape index (κ2) is 3.57. The fourth-order valence-corrected chi connectivity index (χ4v) is 2.30. The van der Waals surface area contributed by atoms with Crippen LogP contribution in [0.1, 0.15) is 26.7 Å². The van der Waals surface area contributed by atoms with Crippen molar-refractivity contribution in [3.8, 4) is 0 Å². The summed E-state index contributed by atoms with van der Waals surface area (Å²) in [6.07, 6.45) is 2.89. The molecule has 0 aliphatic heterocycles. The lowest BCUT2D eigenvalue weighted by Gasteiger charge is -2.23. The average molecular weight is 155 g/mol. The Morgan fingerprint density at radius 3 is 1.91 bits per heavy atom. The van der Waals surface area contributed by atoms with E-state index in [9.17, 15) is 0 Å². The van der Waals surface area contributed by atoms with E-state index in [4.69, 9.17) is 0 Å². The van der Waals surface area contributed by atoms with Gasteiger partial charge in [-0.15, -0.1) is 0 Å². The molecule has 2 unspecified atom stereocenters. The summed E-state index contributed by atoms with van der Waals surface area (Å²) in [5.41, 5.74) is 0. The van der Waals surface area contributed by atoms with Gasteiger partial charge < -0.3 is 4.90 Å². The molecule has 0 spiro atoms. The predicted octanol–water partition coefficient (Wildman–Crippen LogP) is 2.23. The minimum Gasteiger partial charge on any atom is -0.309 e. The van der Waals surface area contributed by atoms with E-state index in [2.05, 4.69) is 32.8 Å². The fourth-order valence-electron chi connectivity index (χ4n) is 2.30. The Morgan fingerprint density at radius 2 is 1.55 bits per heavy atom. The normalized spacial score (nSPS) is 38.5. The summed E-state index contributed by atoms with van der Waals surface area (Å²) in [7, 11) is 4.36. The predicted molar refractivity (Wildman–Crippen MR) is 49.6 cm³/mol. The number of rotatable bonds is 2. The summed E-state index contributed by atoms with van der Waals surface area (Å²) in [5.74, 6) is 2.85. The third-order valence-corrected chi connectivity index (χ3v) is 3.12. The Bertz CT molecular complexity index is 110. The van der Waals surface area contributed by atoms with Crippen molar-refractivity contribution in [2.24, 2.45) is 17.8 Å². The molecule has 1 aliphatic rings. The van der Waals surface area contributed by atoms with E-state index in [1.807, 2.05) is 0 Å². The monoisotopic (exact) mass is 155 g/mol. The molecule has 0 heterocycles. The van der Waals surface area contributed by atoms with Crippen LogP contribution in [0, 0.1) is 17.8 Å². The van der Waals surface area contributed by atoms with Crippen LogP contribution in [0.15, 0.2) is 0 Å². The minimum atomic E-state index is 0.949. The number of hydrogen-bond acceptors (Lipinski definition) is 1. The van der Waals surface area contributed by atoms with E-state index in [1.54, 1.807) is 0 Å². The first-order valence-electron chi connectivity index (χ1n) is 4.76. The Morgan fingerprint density at radius 1 is 1.09 bits per heavy atom. The molecule has 1 saturated carbocycles. The molecule has 1 rings (SSSR count). The second-order valence-electron chi connectivity index (χ2n) is 4.46. The molecule has 3 atom stereocenters. The van der Waals surface area contributed by atoms with Crippen LogP contribution in [-0.2, 0) is 0 Å². The SMILES string of the molecule is CC1CC[C@@H](C)C1CN(C)C. The molecule has 0 bridgehead atoms. The Kier molecular flexibility index (Phi) is 2.94. The molecule has 0 amide bonds. The van der Waals surface area contributed by atoms with Gasteiger partial charge in [-0.25, -0.2) is 0 Å². The van der Waals surface area contributed by atoms with Gasteiger partial charge in [0.25, 0.3) is 0 Å². The van der Waals surface area contributed by atoms with Crippen LogP contribution in [-0.4, -0.2) is 25.5 Å². The van der Waals surface area contributed by atoms with Crippen LogP contribution in [0.2, 0.25) is 0 Å². The molecular formula is C10H21N. The largest absolute Gasteiger partial charge is 0.309 e. The van der Waals surface area contributed by atoms with Crippen LogP contribution in [0.25, 0.3) is 0 Å². The highest BCUT2D eigenvalue weighted by molar-refractivity contribution is 4.81. The number of nitrogens with zero attached hydrogens (tertiary/aromatic N) is 1. The third-order valence-electron chi connectivity index (χ3n) is 3.12. The molecule has 0 aromatic rings. The molecule has 0 aromatic carbocycles. The molecule has 66 valence electrons. The average Bonchev–Trinajstić information content (AvgIpc) is 2.18. The molecule has 1 fully saturated rings. The van der Waals surface area contributed by atoms with Crippen LogP contribution in [0.5, 0.6) is 0 Å². The first-order chi connectivity index (χ1) is 5.11. The second-order valence-corrected chi connectivity index (χ2v) is 4.46. The molecule has 1 aliphatic carbocycles. The minimum absolute atomic E-state index is 0.949. The van der Waals surface area contributed by atoms with Gasteiger partial charge in [-0.1, -0.05) is 26.7 Å². The summed E-state index contributed by atoms with van der Waals surface area (Å²) in [6, 6.07) is 0. The maximum Gasteiger partial charge on any atom is 0.000865 e. The summed E-state index contributed by atoms with van der Waals surface area (Å²) >= 11 is 0. The van der Waals surface area contributed by atoms with Crippen LogP contribution in [0.4, 0.5) is 0 Å². The quantitative estimate of drug-likeness (QED) is 0.591.